The summed E-state index contributed by atoms with van der Waals surface area (Å²) in [5, 5.41) is 6.70. The number of ether oxygens (including phenoxy) is 2. The van der Waals surface area contributed by atoms with Gasteiger partial charge in [0.2, 0.25) is 0 Å². The average Bonchev–Trinajstić information content (AvgIpc) is 2.71. The van der Waals surface area contributed by atoms with Crippen molar-refractivity contribution in [1.29, 1.82) is 0 Å². The van der Waals surface area contributed by atoms with Gasteiger partial charge in [0, 0.05) is 58.6 Å². The van der Waals surface area contributed by atoms with E-state index in [1.54, 1.807) is 21.3 Å². The van der Waals surface area contributed by atoms with Crippen LogP contribution in [0.25, 0.3) is 0 Å². The number of hydrogen-bond donors (Lipinski definition) is 2. The van der Waals surface area contributed by atoms with Gasteiger partial charge in [0.05, 0.1) is 13.7 Å². The fourth-order valence-corrected chi connectivity index (χ4v) is 3.25. The molecule has 1 aliphatic rings. The van der Waals surface area contributed by atoms with E-state index in [-0.39, 0.29) is 6.04 Å². The molecular formula is C20H35N5O2. The summed E-state index contributed by atoms with van der Waals surface area (Å²) in [6.45, 7) is 9.10. The van der Waals surface area contributed by atoms with Gasteiger partial charge in [0.1, 0.15) is 5.75 Å². The minimum atomic E-state index is 0.243. The van der Waals surface area contributed by atoms with Crippen molar-refractivity contribution in [2.75, 3.05) is 72.0 Å². The molecule has 7 nitrogen and oxygen atoms in total. The first-order valence-corrected chi connectivity index (χ1v) is 9.73. The fraction of sp³-hybridized carbons (Fsp3) is 0.650. The molecule has 0 radical (unpaired) electrons. The van der Waals surface area contributed by atoms with E-state index in [1.807, 2.05) is 12.1 Å². The average molecular weight is 378 g/mol. The van der Waals surface area contributed by atoms with Gasteiger partial charge in [0.25, 0.3) is 0 Å². The predicted octanol–water partition coefficient (Wildman–Crippen LogP) is 1.41. The molecule has 1 atom stereocenters. The van der Waals surface area contributed by atoms with E-state index in [9.17, 15) is 0 Å². The van der Waals surface area contributed by atoms with E-state index in [2.05, 4.69) is 44.5 Å². The second kappa shape index (κ2) is 11.7. The number of aliphatic imine (C=N–C) groups is 1. The van der Waals surface area contributed by atoms with E-state index in [4.69, 9.17) is 9.47 Å². The molecule has 1 aromatic rings. The molecular weight excluding hydrogens is 342 g/mol. The van der Waals surface area contributed by atoms with Crippen LogP contribution in [0.2, 0.25) is 0 Å². The summed E-state index contributed by atoms with van der Waals surface area (Å²) in [5.41, 5.74) is 1.28. The van der Waals surface area contributed by atoms with Crippen molar-refractivity contribution in [3.8, 4) is 5.75 Å². The highest BCUT2D eigenvalue weighted by Gasteiger charge is 2.16. The molecule has 152 valence electrons. The van der Waals surface area contributed by atoms with Gasteiger partial charge in [0.15, 0.2) is 5.96 Å². The quantitative estimate of drug-likeness (QED) is 0.385. The molecule has 1 unspecified atom stereocenters. The highest BCUT2D eigenvalue weighted by atomic mass is 16.5. The minimum Gasteiger partial charge on any atom is -0.497 e. The minimum absolute atomic E-state index is 0.243. The maximum absolute atomic E-state index is 5.23. The summed E-state index contributed by atoms with van der Waals surface area (Å²) < 4.78 is 10.4. The summed E-state index contributed by atoms with van der Waals surface area (Å²) >= 11 is 0. The monoisotopic (exact) mass is 377 g/mol. The Balaban J connectivity index is 1.63. The molecule has 7 heteroatoms. The zero-order chi connectivity index (χ0) is 19.5. The molecule has 1 fully saturated rings. The van der Waals surface area contributed by atoms with Gasteiger partial charge in [-0.05, 0) is 44.2 Å². The lowest BCUT2D eigenvalue weighted by Gasteiger charge is -2.36. The van der Waals surface area contributed by atoms with Gasteiger partial charge in [-0.15, -0.1) is 0 Å². The van der Waals surface area contributed by atoms with Crippen LogP contribution < -0.4 is 20.3 Å². The zero-order valence-corrected chi connectivity index (χ0v) is 17.2. The van der Waals surface area contributed by atoms with Gasteiger partial charge < -0.3 is 25.0 Å². The molecule has 1 heterocycles. The molecule has 27 heavy (non-hydrogen) atoms. The maximum atomic E-state index is 5.23. The zero-order valence-electron chi connectivity index (χ0n) is 17.2. The van der Waals surface area contributed by atoms with Gasteiger partial charge in [-0.1, -0.05) is 0 Å². The number of nitrogens with one attached hydrogen (secondary N) is 2. The third-order valence-corrected chi connectivity index (χ3v) is 4.78. The van der Waals surface area contributed by atoms with Crippen molar-refractivity contribution in [2.24, 2.45) is 4.99 Å². The van der Waals surface area contributed by atoms with Crippen molar-refractivity contribution in [3.63, 3.8) is 0 Å². The van der Waals surface area contributed by atoms with E-state index >= 15 is 0 Å². The van der Waals surface area contributed by atoms with Crippen LogP contribution in [0.1, 0.15) is 13.3 Å². The third-order valence-electron chi connectivity index (χ3n) is 4.78. The van der Waals surface area contributed by atoms with Gasteiger partial charge in [-0.2, -0.15) is 0 Å². The third kappa shape index (κ3) is 7.27. The number of piperazine rings is 1. The Kier molecular flexibility index (Phi) is 9.21. The molecule has 0 bridgehead atoms. The van der Waals surface area contributed by atoms with E-state index in [0.29, 0.717) is 6.61 Å². The van der Waals surface area contributed by atoms with Crippen LogP contribution in [0.5, 0.6) is 5.75 Å². The van der Waals surface area contributed by atoms with Crippen LogP contribution in [0.4, 0.5) is 5.69 Å². The summed E-state index contributed by atoms with van der Waals surface area (Å²) in [5.74, 6) is 1.75. The lowest BCUT2D eigenvalue weighted by molar-refractivity contribution is 0.179. The first-order chi connectivity index (χ1) is 13.2. The molecule has 0 aliphatic carbocycles. The number of nitrogens with zero attached hydrogens (tertiary/aromatic N) is 3. The Labute approximate surface area is 163 Å². The Morgan fingerprint density at radius 2 is 1.85 bits per heavy atom. The van der Waals surface area contributed by atoms with Crippen molar-refractivity contribution < 1.29 is 9.47 Å². The number of anilines is 1. The summed E-state index contributed by atoms with van der Waals surface area (Å²) in [6.07, 6.45) is 1.10. The van der Waals surface area contributed by atoms with Crippen LogP contribution in [0.3, 0.4) is 0 Å². The lowest BCUT2D eigenvalue weighted by Crippen LogP contribution is -2.47. The van der Waals surface area contributed by atoms with E-state index in [1.165, 1.54) is 5.69 Å². The van der Waals surface area contributed by atoms with Crippen LogP contribution in [-0.2, 0) is 4.74 Å². The first-order valence-electron chi connectivity index (χ1n) is 9.73. The van der Waals surface area contributed by atoms with Gasteiger partial charge in [-0.25, -0.2) is 0 Å². The highest BCUT2D eigenvalue weighted by Crippen LogP contribution is 2.20. The number of hydrogen-bond acceptors (Lipinski definition) is 5. The van der Waals surface area contributed by atoms with Gasteiger partial charge >= 0.3 is 0 Å². The Morgan fingerprint density at radius 1 is 1.15 bits per heavy atom. The molecule has 0 spiro atoms. The number of rotatable bonds is 9. The largest absolute Gasteiger partial charge is 0.497 e. The maximum Gasteiger partial charge on any atom is 0.191 e. The van der Waals surface area contributed by atoms with Crippen LogP contribution in [-0.4, -0.2) is 84.0 Å². The highest BCUT2D eigenvalue weighted by molar-refractivity contribution is 5.79. The smallest absolute Gasteiger partial charge is 0.191 e. The molecule has 0 aromatic heterocycles. The van der Waals surface area contributed by atoms with Crippen LogP contribution >= 0.6 is 0 Å². The van der Waals surface area contributed by atoms with Crippen molar-refractivity contribution in [2.45, 2.75) is 19.4 Å². The molecule has 2 N–H and O–H groups in total. The van der Waals surface area contributed by atoms with Crippen molar-refractivity contribution in [3.05, 3.63) is 24.3 Å². The topological polar surface area (TPSA) is 61.4 Å². The Bertz CT molecular complexity index is 556. The first kappa shape index (κ1) is 21.3. The number of benzene rings is 1. The summed E-state index contributed by atoms with van der Waals surface area (Å²) in [7, 11) is 5.21. The fourth-order valence-electron chi connectivity index (χ4n) is 3.25. The summed E-state index contributed by atoms with van der Waals surface area (Å²) in [6, 6.07) is 8.58. The molecule has 1 aromatic carbocycles. The Hall–Kier alpha value is -1.99. The van der Waals surface area contributed by atoms with E-state index < -0.39 is 0 Å². The number of methoxy groups -OCH3 is 2. The van der Waals surface area contributed by atoms with Crippen LogP contribution in [0.15, 0.2) is 29.3 Å². The number of guanidine groups is 1. The predicted molar refractivity (Wildman–Crippen MR) is 112 cm³/mol. The molecule has 2 rings (SSSR count). The molecule has 0 amide bonds. The molecule has 1 aliphatic heterocycles. The lowest BCUT2D eigenvalue weighted by atomic mass is 10.2. The Morgan fingerprint density at radius 3 is 2.44 bits per heavy atom. The van der Waals surface area contributed by atoms with Crippen molar-refractivity contribution in [1.82, 2.24) is 15.5 Å². The second-order valence-corrected chi connectivity index (χ2v) is 6.88. The molecule has 1 saturated heterocycles. The normalized spacial score (nSPS) is 16.9. The van der Waals surface area contributed by atoms with E-state index in [0.717, 1.165) is 57.4 Å². The summed E-state index contributed by atoms with van der Waals surface area (Å²) in [4.78, 5) is 9.23. The SMILES string of the molecule is CN=C(NCCCN1CCN(c2ccc(OC)cc2)CC1)NC(C)COC. The van der Waals surface area contributed by atoms with Crippen molar-refractivity contribution >= 4 is 11.6 Å². The second-order valence-electron chi connectivity index (χ2n) is 6.88. The molecule has 0 saturated carbocycles. The standard InChI is InChI=1S/C20H35N5O2/c1-17(16-26-3)23-20(21-2)22-10-5-11-24-12-14-25(15-13-24)18-6-8-19(27-4)9-7-18/h6-9,17H,5,10-16H2,1-4H3,(H2,21,22,23). The van der Waals surface area contributed by atoms with Gasteiger partial charge in [-0.3, -0.25) is 9.89 Å². The van der Waals surface area contributed by atoms with Crippen LogP contribution in [0, 0.1) is 0 Å².